The average molecular weight is 415 g/mol. The summed E-state index contributed by atoms with van der Waals surface area (Å²) in [5, 5.41) is 0. The first-order valence-electron chi connectivity index (χ1n) is 10.3. The molecule has 2 aromatic carbocycles. The molecule has 0 aliphatic carbocycles. The standard InChI is InChI=1S/C23H27FN2O2S/c24-21-9-3-1-6-18(21)16-25-11-13-26(14-12-25)23(27)20-8-2-4-10-22(20)29-17-19-7-5-15-28-19/h1-4,6,8-10,19H,5,7,11-17H2/t19-/m0/s1. The van der Waals surface area contributed by atoms with E-state index in [2.05, 4.69) is 4.90 Å². The minimum absolute atomic E-state index is 0.0889. The molecule has 2 fully saturated rings. The Balaban J connectivity index is 1.34. The molecular formula is C23H27FN2O2S. The van der Waals surface area contributed by atoms with E-state index in [1.165, 1.54) is 6.07 Å². The van der Waals surface area contributed by atoms with Gasteiger partial charge in [0, 0.05) is 55.5 Å². The van der Waals surface area contributed by atoms with Crippen molar-refractivity contribution in [2.75, 3.05) is 38.5 Å². The zero-order chi connectivity index (χ0) is 20.1. The summed E-state index contributed by atoms with van der Waals surface area (Å²) in [6.45, 7) is 4.28. The van der Waals surface area contributed by atoms with Gasteiger partial charge in [-0.15, -0.1) is 11.8 Å². The lowest BCUT2D eigenvalue weighted by atomic mass is 10.1. The molecule has 0 spiro atoms. The maximum absolute atomic E-state index is 13.9. The smallest absolute Gasteiger partial charge is 0.255 e. The lowest BCUT2D eigenvalue weighted by Crippen LogP contribution is -2.48. The minimum Gasteiger partial charge on any atom is -0.377 e. The molecule has 2 aliphatic rings. The van der Waals surface area contributed by atoms with Gasteiger partial charge in [0.05, 0.1) is 11.7 Å². The predicted molar refractivity (Wildman–Crippen MR) is 114 cm³/mol. The van der Waals surface area contributed by atoms with Gasteiger partial charge < -0.3 is 9.64 Å². The lowest BCUT2D eigenvalue weighted by molar-refractivity contribution is 0.0623. The molecule has 154 valence electrons. The number of carbonyl (C=O) groups excluding carboxylic acids is 1. The van der Waals surface area contributed by atoms with Crippen LogP contribution in [0.1, 0.15) is 28.8 Å². The van der Waals surface area contributed by atoms with E-state index in [9.17, 15) is 9.18 Å². The molecule has 0 unspecified atom stereocenters. The van der Waals surface area contributed by atoms with Gasteiger partial charge in [-0.3, -0.25) is 9.69 Å². The van der Waals surface area contributed by atoms with Crippen LogP contribution >= 0.6 is 11.8 Å². The second-order valence-electron chi connectivity index (χ2n) is 7.60. The molecule has 0 N–H and O–H groups in total. The van der Waals surface area contributed by atoms with Crippen molar-refractivity contribution in [3.05, 3.63) is 65.5 Å². The third kappa shape index (κ3) is 5.18. The Morgan fingerprint density at radius 2 is 1.83 bits per heavy atom. The quantitative estimate of drug-likeness (QED) is 0.668. The van der Waals surface area contributed by atoms with Crippen LogP contribution in [0.5, 0.6) is 0 Å². The molecule has 2 aromatic rings. The highest BCUT2D eigenvalue weighted by Gasteiger charge is 2.25. The molecule has 2 heterocycles. The first-order chi connectivity index (χ1) is 14.2. The van der Waals surface area contributed by atoms with Gasteiger partial charge in [0.15, 0.2) is 0 Å². The Morgan fingerprint density at radius 3 is 2.59 bits per heavy atom. The summed E-state index contributed by atoms with van der Waals surface area (Å²) in [4.78, 5) is 18.3. The molecule has 1 atom stereocenters. The lowest BCUT2D eigenvalue weighted by Gasteiger charge is -2.35. The summed E-state index contributed by atoms with van der Waals surface area (Å²) in [6.07, 6.45) is 2.53. The Bertz CT molecular complexity index is 833. The van der Waals surface area contributed by atoms with Crippen molar-refractivity contribution < 1.29 is 13.9 Å². The van der Waals surface area contributed by atoms with Crippen molar-refractivity contribution in [3.8, 4) is 0 Å². The Labute approximate surface area is 176 Å². The largest absolute Gasteiger partial charge is 0.377 e. The van der Waals surface area contributed by atoms with Gasteiger partial charge in [-0.25, -0.2) is 4.39 Å². The average Bonchev–Trinajstić information content (AvgIpc) is 3.28. The second kappa shape index (κ2) is 9.74. The van der Waals surface area contributed by atoms with Crippen LogP contribution in [-0.2, 0) is 11.3 Å². The summed E-state index contributed by atoms with van der Waals surface area (Å²) < 4.78 is 19.6. The molecule has 4 nitrogen and oxygen atoms in total. The molecule has 2 saturated heterocycles. The molecule has 0 radical (unpaired) electrons. The molecule has 1 amide bonds. The molecule has 0 bridgehead atoms. The molecule has 4 rings (SSSR count). The van der Waals surface area contributed by atoms with Crippen molar-refractivity contribution in [1.29, 1.82) is 0 Å². The van der Waals surface area contributed by atoms with Gasteiger partial charge in [-0.05, 0) is 31.0 Å². The van der Waals surface area contributed by atoms with Crippen LogP contribution in [-0.4, -0.2) is 60.3 Å². The molecule has 6 heteroatoms. The van der Waals surface area contributed by atoms with E-state index in [0.717, 1.165) is 48.7 Å². The Kier molecular flexibility index (Phi) is 6.85. The van der Waals surface area contributed by atoms with E-state index < -0.39 is 0 Å². The molecule has 2 aliphatic heterocycles. The number of nitrogens with zero attached hydrogens (tertiary/aromatic N) is 2. The first kappa shape index (κ1) is 20.4. The van der Waals surface area contributed by atoms with E-state index >= 15 is 0 Å². The summed E-state index contributed by atoms with van der Waals surface area (Å²) >= 11 is 1.72. The molecule has 0 aromatic heterocycles. The number of hydrogen-bond acceptors (Lipinski definition) is 4. The van der Waals surface area contributed by atoms with Gasteiger partial charge in [0.25, 0.3) is 5.91 Å². The maximum atomic E-state index is 13.9. The SMILES string of the molecule is O=C(c1ccccc1SC[C@@H]1CCCO1)N1CCN(Cc2ccccc2F)CC1. The van der Waals surface area contributed by atoms with Crippen molar-refractivity contribution in [2.24, 2.45) is 0 Å². The third-order valence-corrected chi connectivity index (χ3v) is 6.78. The van der Waals surface area contributed by atoms with Gasteiger partial charge in [0.2, 0.25) is 0 Å². The number of carbonyl (C=O) groups is 1. The topological polar surface area (TPSA) is 32.8 Å². The highest BCUT2D eigenvalue weighted by atomic mass is 32.2. The molecule has 0 saturated carbocycles. The highest BCUT2D eigenvalue weighted by Crippen LogP contribution is 2.28. The van der Waals surface area contributed by atoms with E-state index in [-0.39, 0.29) is 11.7 Å². The van der Waals surface area contributed by atoms with E-state index in [4.69, 9.17) is 4.74 Å². The number of piperazine rings is 1. The fourth-order valence-electron chi connectivity index (χ4n) is 3.87. The van der Waals surface area contributed by atoms with Crippen LogP contribution in [0.3, 0.4) is 0 Å². The predicted octanol–water partition coefficient (Wildman–Crippen LogP) is 4.05. The molecule has 29 heavy (non-hydrogen) atoms. The summed E-state index contributed by atoms with van der Waals surface area (Å²) in [7, 11) is 0. The van der Waals surface area contributed by atoms with Crippen LogP contribution in [0.25, 0.3) is 0 Å². The van der Waals surface area contributed by atoms with Crippen LogP contribution in [0.15, 0.2) is 53.4 Å². The van der Waals surface area contributed by atoms with Gasteiger partial charge in [0.1, 0.15) is 5.82 Å². The number of benzene rings is 2. The van der Waals surface area contributed by atoms with E-state index in [0.29, 0.717) is 31.3 Å². The summed E-state index contributed by atoms with van der Waals surface area (Å²) in [5.41, 5.74) is 1.49. The van der Waals surface area contributed by atoms with E-state index in [1.807, 2.05) is 41.3 Å². The number of rotatable bonds is 6. The molecular weight excluding hydrogens is 387 g/mol. The van der Waals surface area contributed by atoms with Crippen molar-refractivity contribution in [2.45, 2.75) is 30.4 Å². The minimum atomic E-state index is -0.164. The highest BCUT2D eigenvalue weighted by molar-refractivity contribution is 7.99. The van der Waals surface area contributed by atoms with Crippen LogP contribution < -0.4 is 0 Å². The fourth-order valence-corrected chi connectivity index (χ4v) is 4.99. The fraction of sp³-hybridized carbons (Fsp3) is 0.435. The Morgan fingerprint density at radius 1 is 1.07 bits per heavy atom. The monoisotopic (exact) mass is 414 g/mol. The second-order valence-corrected chi connectivity index (χ2v) is 8.66. The van der Waals surface area contributed by atoms with Crippen molar-refractivity contribution in [3.63, 3.8) is 0 Å². The normalized spacial score (nSPS) is 20.2. The van der Waals surface area contributed by atoms with Crippen molar-refractivity contribution in [1.82, 2.24) is 9.80 Å². The summed E-state index contributed by atoms with van der Waals surface area (Å²) in [6, 6.07) is 14.8. The number of hydrogen-bond donors (Lipinski definition) is 0. The number of ether oxygens (including phenoxy) is 1. The zero-order valence-electron chi connectivity index (χ0n) is 16.6. The van der Waals surface area contributed by atoms with Crippen LogP contribution in [0, 0.1) is 5.82 Å². The van der Waals surface area contributed by atoms with Crippen LogP contribution in [0.2, 0.25) is 0 Å². The maximum Gasteiger partial charge on any atom is 0.255 e. The van der Waals surface area contributed by atoms with Gasteiger partial charge in [-0.2, -0.15) is 0 Å². The Hall–Kier alpha value is -1.89. The van der Waals surface area contributed by atoms with Crippen molar-refractivity contribution >= 4 is 17.7 Å². The van der Waals surface area contributed by atoms with Gasteiger partial charge in [-0.1, -0.05) is 30.3 Å². The zero-order valence-corrected chi connectivity index (χ0v) is 17.4. The van der Waals surface area contributed by atoms with E-state index in [1.54, 1.807) is 17.8 Å². The number of thioether (sulfide) groups is 1. The van der Waals surface area contributed by atoms with Gasteiger partial charge >= 0.3 is 0 Å². The number of halogens is 1. The summed E-state index contributed by atoms with van der Waals surface area (Å²) in [5.74, 6) is 0.815. The first-order valence-corrected chi connectivity index (χ1v) is 11.3. The third-order valence-electron chi connectivity index (χ3n) is 5.58. The van der Waals surface area contributed by atoms with Crippen LogP contribution in [0.4, 0.5) is 4.39 Å². The number of amides is 1.